The van der Waals surface area contributed by atoms with E-state index in [9.17, 15) is 0 Å². The summed E-state index contributed by atoms with van der Waals surface area (Å²) in [7, 11) is 0. The second-order valence-corrected chi connectivity index (χ2v) is 5.55. The Bertz CT molecular complexity index is 540. The van der Waals surface area contributed by atoms with Gasteiger partial charge in [-0.1, -0.05) is 37.3 Å². The topological polar surface area (TPSA) is 34.1 Å². The van der Waals surface area contributed by atoms with Crippen LogP contribution >= 0.6 is 0 Å². The minimum Gasteiger partial charge on any atom is -0.473 e. The van der Waals surface area contributed by atoms with Gasteiger partial charge in [-0.25, -0.2) is 4.98 Å². The Morgan fingerprint density at radius 2 is 1.81 bits per heavy atom. The normalized spacial score (nSPS) is 12.2. The highest BCUT2D eigenvalue weighted by atomic mass is 16.5. The molecule has 21 heavy (non-hydrogen) atoms. The first kappa shape index (κ1) is 15.4. The Hall–Kier alpha value is -2.03. The fraction of sp³-hybridized carbons (Fsp3) is 0.389. The minimum absolute atomic E-state index is 0.128. The lowest BCUT2D eigenvalue weighted by molar-refractivity contribution is 0.234. The zero-order valence-electron chi connectivity index (χ0n) is 13.0. The predicted molar refractivity (Wildman–Crippen MR) is 88.0 cm³/mol. The highest BCUT2D eigenvalue weighted by Crippen LogP contribution is 2.23. The Labute approximate surface area is 127 Å². The van der Waals surface area contributed by atoms with Crippen LogP contribution in [0.1, 0.15) is 38.7 Å². The average Bonchev–Trinajstić information content (AvgIpc) is 2.49. The highest BCUT2D eigenvalue weighted by molar-refractivity contribution is 5.52. The monoisotopic (exact) mass is 284 g/mol. The van der Waals surface area contributed by atoms with Crippen LogP contribution < -0.4 is 10.1 Å². The van der Waals surface area contributed by atoms with Crippen molar-refractivity contribution < 1.29 is 4.74 Å². The van der Waals surface area contributed by atoms with Gasteiger partial charge in [0.1, 0.15) is 0 Å². The number of rotatable bonds is 7. The molecule has 0 amide bonds. The molecule has 2 aromatic rings. The lowest BCUT2D eigenvalue weighted by Crippen LogP contribution is -2.11. The number of aromatic nitrogens is 1. The molecule has 0 aliphatic rings. The van der Waals surface area contributed by atoms with Crippen LogP contribution in [0.4, 0.5) is 5.69 Å². The number of hydrogen-bond donors (Lipinski definition) is 1. The molecular weight excluding hydrogens is 260 g/mol. The molecule has 1 unspecified atom stereocenters. The third-order valence-corrected chi connectivity index (χ3v) is 3.38. The molecule has 0 fully saturated rings. The van der Waals surface area contributed by atoms with Crippen LogP contribution in [-0.2, 0) is 0 Å². The lowest BCUT2D eigenvalue weighted by Gasteiger charge is -2.16. The van der Waals surface area contributed by atoms with Crippen LogP contribution in [0.5, 0.6) is 5.88 Å². The summed E-state index contributed by atoms with van der Waals surface area (Å²) in [5.41, 5.74) is 2.34. The van der Waals surface area contributed by atoms with Crippen LogP contribution in [-0.4, -0.2) is 17.6 Å². The number of anilines is 1. The number of benzene rings is 1. The lowest BCUT2D eigenvalue weighted by atomic mass is 9.98. The summed E-state index contributed by atoms with van der Waals surface area (Å²) in [5.74, 6) is 1.21. The van der Waals surface area contributed by atoms with Crippen LogP contribution in [0.15, 0.2) is 48.7 Å². The first-order chi connectivity index (χ1) is 10.2. The molecule has 1 N–H and O–H groups in total. The molecule has 112 valence electrons. The molecule has 2 rings (SSSR count). The molecule has 0 saturated heterocycles. The Balaban J connectivity index is 1.89. The Morgan fingerprint density at radius 3 is 2.52 bits per heavy atom. The molecule has 0 aliphatic heterocycles. The first-order valence-corrected chi connectivity index (χ1v) is 7.57. The smallest absolute Gasteiger partial charge is 0.237 e. The van der Waals surface area contributed by atoms with E-state index in [4.69, 9.17) is 4.74 Å². The van der Waals surface area contributed by atoms with E-state index < -0.39 is 0 Å². The summed E-state index contributed by atoms with van der Waals surface area (Å²) < 4.78 is 5.71. The van der Waals surface area contributed by atoms with Gasteiger partial charge in [-0.05, 0) is 43.9 Å². The van der Waals surface area contributed by atoms with Crippen molar-refractivity contribution in [3.63, 3.8) is 0 Å². The quantitative estimate of drug-likeness (QED) is 0.814. The molecule has 0 radical (unpaired) electrons. The number of pyridine rings is 1. The number of ether oxygens (including phenoxy) is 1. The van der Waals surface area contributed by atoms with Crippen molar-refractivity contribution in [1.82, 2.24) is 4.98 Å². The second-order valence-electron chi connectivity index (χ2n) is 5.55. The van der Waals surface area contributed by atoms with Gasteiger partial charge in [0.2, 0.25) is 5.88 Å². The zero-order valence-corrected chi connectivity index (χ0v) is 13.0. The minimum atomic E-state index is 0.128. The van der Waals surface area contributed by atoms with Crippen molar-refractivity contribution in [2.24, 2.45) is 0 Å². The van der Waals surface area contributed by atoms with Gasteiger partial charge in [-0.3, -0.25) is 0 Å². The number of hydrogen-bond acceptors (Lipinski definition) is 3. The fourth-order valence-corrected chi connectivity index (χ4v) is 2.21. The van der Waals surface area contributed by atoms with Gasteiger partial charge in [0.05, 0.1) is 11.8 Å². The molecule has 1 aromatic heterocycles. The summed E-state index contributed by atoms with van der Waals surface area (Å²) >= 11 is 0. The summed E-state index contributed by atoms with van der Waals surface area (Å²) in [4.78, 5) is 4.29. The van der Waals surface area contributed by atoms with E-state index in [2.05, 4.69) is 47.6 Å². The molecule has 1 aromatic carbocycles. The fourth-order valence-electron chi connectivity index (χ4n) is 2.21. The van der Waals surface area contributed by atoms with Gasteiger partial charge in [-0.2, -0.15) is 0 Å². The third-order valence-electron chi connectivity index (χ3n) is 3.38. The van der Waals surface area contributed by atoms with E-state index in [1.165, 1.54) is 5.56 Å². The van der Waals surface area contributed by atoms with Crippen molar-refractivity contribution in [2.75, 3.05) is 11.9 Å². The van der Waals surface area contributed by atoms with Crippen molar-refractivity contribution >= 4 is 5.69 Å². The maximum absolute atomic E-state index is 5.71. The van der Waals surface area contributed by atoms with Crippen LogP contribution in [0.2, 0.25) is 0 Å². The number of nitrogens with one attached hydrogen (secondary N) is 1. The summed E-state index contributed by atoms with van der Waals surface area (Å²) in [6.45, 7) is 7.17. The molecular formula is C18H24N2O. The molecule has 3 heteroatoms. The number of nitrogens with zero attached hydrogens (tertiary/aromatic N) is 1. The molecule has 1 heterocycles. The Kier molecular flexibility index (Phi) is 5.61. The second kappa shape index (κ2) is 7.67. The van der Waals surface area contributed by atoms with Gasteiger partial charge < -0.3 is 10.1 Å². The zero-order chi connectivity index (χ0) is 15.1. The summed E-state index contributed by atoms with van der Waals surface area (Å²) in [6, 6.07) is 14.5. The first-order valence-electron chi connectivity index (χ1n) is 7.57. The largest absolute Gasteiger partial charge is 0.473 e. The third kappa shape index (κ3) is 4.78. The summed E-state index contributed by atoms with van der Waals surface area (Å²) in [5, 5.41) is 3.43. The van der Waals surface area contributed by atoms with E-state index in [0.717, 1.165) is 18.7 Å². The van der Waals surface area contributed by atoms with Gasteiger partial charge in [-0.15, -0.1) is 0 Å². The van der Waals surface area contributed by atoms with Crippen LogP contribution in [0.3, 0.4) is 0 Å². The van der Waals surface area contributed by atoms with Crippen molar-refractivity contribution in [1.29, 1.82) is 0 Å². The average molecular weight is 284 g/mol. The van der Waals surface area contributed by atoms with E-state index in [0.29, 0.717) is 11.8 Å². The molecule has 3 nitrogen and oxygen atoms in total. The van der Waals surface area contributed by atoms with Gasteiger partial charge in [0.25, 0.3) is 0 Å². The Morgan fingerprint density at radius 1 is 1.05 bits per heavy atom. The molecule has 0 aliphatic carbocycles. The van der Waals surface area contributed by atoms with Crippen molar-refractivity contribution in [3.05, 3.63) is 54.2 Å². The van der Waals surface area contributed by atoms with E-state index in [1.54, 1.807) is 6.20 Å². The van der Waals surface area contributed by atoms with Crippen LogP contribution in [0, 0.1) is 0 Å². The standard InChI is InChI=1S/C18H24N2O/c1-14(2)21-18-17(10-7-12-20-18)19-13-11-15(3)16-8-5-4-6-9-16/h4-10,12,14-15,19H,11,13H2,1-3H3. The van der Waals surface area contributed by atoms with E-state index in [1.807, 2.05) is 26.0 Å². The van der Waals surface area contributed by atoms with E-state index in [-0.39, 0.29) is 6.10 Å². The molecule has 0 saturated carbocycles. The van der Waals surface area contributed by atoms with Crippen LogP contribution in [0.25, 0.3) is 0 Å². The summed E-state index contributed by atoms with van der Waals surface area (Å²) in [6.07, 6.45) is 2.96. The van der Waals surface area contributed by atoms with Gasteiger partial charge in [0.15, 0.2) is 0 Å². The van der Waals surface area contributed by atoms with E-state index >= 15 is 0 Å². The predicted octanol–water partition coefficient (Wildman–Crippen LogP) is 4.47. The van der Waals surface area contributed by atoms with Gasteiger partial charge in [0, 0.05) is 12.7 Å². The maximum Gasteiger partial charge on any atom is 0.237 e. The van der Waals surface area contributed by atoms with Crippen molar-refractivity contribution in [2.45, 2.75) is 39.2 Å². The van der Waals surface area contributed by atoms with Gasteiger partial charge >= 0.3 is 0 Å². The van der Waals surface area contributed by atoms with Crippen molar-refractivity contribution in [3.8, 4) is 5.88 Å². The SMILES string of the molecule is CC(C)Oc1ncccc1NCCC(C)c1ccccc1. The molecule has 0 spiro atoms. The molecule has 1 atom stereocenters. The highest BCUT2D eigenvalue weighted by Gasteiger charge is 2.08. The maximum atomic E-state index is 5.71. The molecule has 0 bridgehead atoms.